The van der Waals surface area contributed by atoms with E-state index in [-0.39, 0.29) is 11.9 Å². The van der Waals surface area contributed by atoms with Crippen molar-refractivity contribution in [2.45, 2.75) is 26.8 Å². The van der Waals surface area contributed by atoms with Crippen LogP contribution in [0, 0.1) is 13.8 Å². The van der Waals surface area contributed by atoms with Gasteiger partial charge in [0.2, 0.25) is 5.91 Å². The number of carbonyl (C=O) groups is 1. The molecule has 0 spiro atoms. The second kappa shape index (κ2) is 5.54. The van der Waals surface area contributed by atoms with Crippen LogP contribution in [0.25, 0.3) is 0 Å². The lowest BCUT2D eigenvalue weighted by Crippen LogP contribution is -2.36. The highest BCUT2D eigenvalue weighted by molar-refractivity contribution is 9.10. The lowest BCUT2D eigenvalue weighted by Gasteiger charge is -2.20. The molecule has 4 heteroatoms. The first-order valence-electron chi connectivity index (χ1n) is 5.57. The normalized spacial score (nSPS) is 12.1. The first-order valence-corrected chi connectivity index (χ1v) is 6.36. The van der Waals surface area contributed by atoms with E-state index in [1.165, 1.54) is 0 Å². The van der Waals surface area contributed by atoms with E-state index in [1.54, 1.807) is 19.0 Å². The lowest BCUT2D eigenvalue weighted by atomic mass is 10.1. The third-order valence-corrected chi connectivity index (χ3v) is 3.88. The van der Waals surface area contributed by atoms with E-state index in [1.807, 2.05) is 32.9 Å². The Morgan fingerprint density at radius 1 is 1.29 bits per heavy atom. The molecule has 0 saturated heterocycles. The van der Waals surface area contributed by atoms with Crippen LogP contribution in [0.1, 0.15) is 18.1 Å². The lowest BCUT2D eigenvalue weighted by molar-refractivity contribution is -0.129. The summed E-state index contributed by atoms with van der Waals surface area (Å²) < 4.78 is 1.12. The second-order valence-electron chi connectivity index (χ2n) is 4.52. The molecule has 1 aromatic rings. The molecule has 1 N–H and O–H groups in total. The van der Waals surface area contributed by atoms with E-state index in [4.69, 9.17) is 0 Å². The number of nitrogens with zero attached hydrogens (tertiary/aromatic N) is 1. The highest BCUT2D eigenvalue weighted by Crippen LogP contribution is 2.25. The van der Waals surface area contributed by atoms with Crippen molar-refractivity contribution < 1.29 is 4.79 Å². The molecule has 1 atom stereocenters. The van der Waals surface area contributed by atoms with Crippen molar-refractivity contribution in [1.29, 1.82) is 0 Å². The summed E-state index contributed by atoms with van der Waals surface area (Å²) in [6.07, 6.45) is 0. The van der Waals surface area contributed by atoms with Crippen molar-refractivity contribution in [3.8, 4) is 0 Å². The molecular formula is C13H19BrN2O. The summed E-state index contributed by atoms with van der Waals surface area (Å²) in [6, 6.07) is 3.86. The van der Waals surface area contributed by atoms with Crippen molar-refractivity contribution >= 4 is 27.5 Å². The van der Waals surface area contributed by atoms with Gasteiger partial charge >= 0.3 is 0 Å². The van der Waals surface area contributed by atoms with Crippen molar-refractivity contribution in [3.05, 3.63) is 27.7 Å². The average molecular weight is 299 g/mol. The van der Waals surface area contributed by atoms with E-state index in [2.05, 4.69) is 21.2 Å². The predicted molar refractivity (Wildman–Crippen MR) is 75.4 cm³/mol. The summed E-state index contributed by atoms with van der Waals surface area (Å²) in [5.74, 6) is 0.0724. The number of rotatable bonds is 3. The summed E-state index contributed by atoms with van der Waals surface area (Å²) >= 11 is 3.53. The van der Waals surface area contributed by atoms with Gasteiger partial charge in [0.15, 0.2) is 0 Å². The minimum Gasteiger partial charge on any atom is -0.374 e. The molecule has 1 unspecified atom stereocenters. The fourth-order valence-electron chi connectivity index (χ4n) is 1.73. The number of hydrogen-bond donors (Lipinski definition) is 1. The van der Waals surface area contributed by atoms with Gasteiger partial charge in [-0.25, -0.2) is 0 Å². The van der Waals surface area contributed by atoms with Gasteiger partial charge in [0.05, 0.1) is 0 Å². The first-order chi connectivity index (χ1) is 7.82. The van der Waals surface area contributed by atoms with Crippen LogP contribution in [0.3, 0.4) is 0 Å². The molecule has 0 radical (unpaired) electrons. The van der Waals surface area contributed by atoms with Crippen molar-refractivity contribution in [2.24, 2.45) is 0 Å². The van der Waals surface area contributed by atoms with Gasteiger partial charge in [0.25, 0.3) is 0 Å². The van der Waals surface area contributed by atoms with Gasteiger partial charge in [0, 0.05) is 24.3 Å². The smallest absolute Gasteiger partial charge is 0.244 e. The molecule has 1 rings (SSSR count). The Labute approximate surface area is 111 Å². The minimum absolute atomic E-state index is 0.0724. The molecule has 94 valence electrons. The maximum Gasteiger partial charge on any atom is 0.244 e. The van der Waals surface area contributed by atoms with Gasteiger partial charge < -0.3 is 10.2 Å². The Kier molecular flexibility index (Phi) is 4.57. The number of aryl methyl sites for hydroxylation is 2. The molecule has 0 heterocycles. The van der Waals surface area contributed by atoms with Crippen LogP contribution < -0.4 is 5.32 Å². The van der Waals surface area contributed by atoms with Crippen LogP contribution in [0.5, 0.6) is 0 Å². The largest absolute Gasteiger partial charge is 0.374 e. The summed E-state index contributed by atoms with van der Waals surface area (Å²) in [4.78, 5) is 13.3. The number of nitrogens with one attached hydrogen (secondary N) is 1. The average Bonchev–Trinajstić information content (AvgIpc) is 2.24. The summed E-state index contributed by atoms with van der Waals surface area (Å²) in [5.41, 5.74) is 3.31. The highest BCUT2D eigenvalue weighted by atomic mass is 79.9. The van der Waals surface area contributed by atoms with Crippen molar-refractivity contribution in [2.75, 3.05) is 19.4 Å². The third-order valence-electron chi connectivity index (χ3n) is 2.63. The van der Waals surface area contributed by atoms with Gasteiger partial charge in [-0.3, -0.25) is 4.79 Å². The standard InChI is InChI=1S/C13H19BrN2O/c1-8-6-11(7-9(2)12(8)14)15-10(3)13(17)16(4)5/h6-7,10,15H,1-5H3. The molecule has 17 heavy (non-hydrogen) atoms. The van der Waals surface area contributed by atoms with Gasteiger partial charge in [-0.15, -0.1) is 0 Å². The van der Waals surface area contributed by atoms with Crippen LogP contribution >= 0.6 is 15.9 Å². The monoisotopic (exact) mass is 298 g/mol. The van der Waals surface area contributed by atoms with Crippen molar-refractivity contribution in [3.63, 3.8) is 0 Å². The number of carbonyl (C=O) groups excluding carboxylic acids is 1. The molecular weight excluding hydrogens is 280 g/mol. The summed E-state index contributed by atoms with van der Waals surface area (Å²) in [5, 5.41) is 3.22. The fourth-order valence-corrected chi connectivity index (χ4v) is 1.96. The Balaban J connectivity index is 2.86. The van der Waals surface area contributed by atoms with Crippen LogP contribution in [-0.4, -0.2) is 30.9 Å². The Bertz CT molecular complexity index is 406. The molecule has 1 aromatic carbocycles. The number of likely N-dealkylation sites (N-methyl/N-ethyl adjacent to an activating group) is 1. The van der Waals surface area contributed by atoms with Gasteiger partial charge in [-0.1, -0.05) is 15.9 Å². The Morgan fingerprint density at radius 2 is 1.76 bits per heavy atom. The zero-order valence-corrected chi connectivity index (χ0v) is 12.6. The highest BCUT2D eigenvalue weighted by Gasteiger charge is 2.14. The number of anilines is 1. The zero-order valence-electron chi connectivity index (χ0n) is 11.0. The van der Waals surface area contributed by atoms with E-state index in [0.717, 1.165) is 21.3 Å². The minimum atomic E-state index is -0.218. The number of benzene rings is 1. The van der Waals surface area contributed by atoms with Gasteiger partial charge in [-0.2, -0.15) is 0 Å². The summed E-state index contributed by atoms with van der Waals surface area (Å²) in [6.45, 7) is 5.95. The SMILES string of the molecule is Cc1cc(NC(C)C(=O)N(C)C)cc(C)c1Br. The summed E-state index contributed by atoms with van der Waals surface area (Å²) in [7, 11) is 3.52. The quantitative estimate of drug-likeness (QED) is 0.930. The van der Waals surface area contributed by atoms with E-state index in [9.17, 15) is 4.79 Å². The molecule has 0 bridgehead atoms. The Hall–Kier alpha value is -1.03. The third kappa shape index (κ3) is 3.46. The van der Waals surface area contributed by atoms with Crippen LogP contribution in [0.4, 0.5) is 5.69 Å². The first kappa shape index (κ1) is 14.0. The van der Waals surface area contributed by atoms with E-state index < -0.39 is 0 Å². The second-order valence-corrected chi connectivity index (χ2v) is 5.32. The molecule has 3 nitrogen and oxygen atoms in total. The number of halogens is 1. The van der Waals surface area contributed by atoms with Crippen molar-refractivity contribution in [1.82, 2.24) is 4.90 Å². The molecule has 0 aliphatic heterocycles. The topological polar surface area (TPSA) is 32.3 Å². The molecule has 0 aliphatic carbocycles. The number of hydrogen-bond acceptors (Lipinski definition) is 2. The van der Waals surface area contributed by atoms with Crippen LogP contribution in [0.2, 0.25) is 0 Å². The molecule has 1 amide bonds. The zero-order chi connectivity index (χ0) is 13.2. The van der Waals surface area contributed by atoms with Gasteiger partial charge in [0.1, 0.15) is 6.04 Å². The van der Waals surface area contributed by atoms with Crippen LogP contribution in [0.15, 0.2) is 16.6 Å². The molecule has 0 aliphatic rings. The number of amides is 1. The van der Waals surface area contributed by atoms with Crippen LogP contribution in [-0.2, 0) is 4.79 Å². The molecule has 0 saturated carbocycles. The van der Waals surface area contributed by atoms with Gasteiger partial charge in [-0.05, 0) is 44.0 Å². The predicted octanol–water partition coefficient (Wildman–Crippen LogP) is 2.95. The Morgan fingerprint density at radius 3 is 2.18 bits per heavy atom. The molecule has 0 aromatic heterocycles. The maximum absolute atomic E-state index is 11.7. The van der Waals surface area contributed by atoms with E-state index >= 15 is 0 Å². The van der Waals surface area contributed by atoms with E-state index in [0.29, 0.717) is 0 Å². The maximum atomic E-state index is 11.7. The fraction of sp³-hybridized carbons (Fsp3) is 0.462. The molecule has 0 fully saturated rings.